The van der Waals surface area contributed by atoms with E-state index in [1.54, 1.807) is 4.91 Å². The summed E-state index contributed by atoms with van der Waals surface area (Å²) in [5.41, 5.74) is 0. The summed E-state index contributed by atoms with van der Waals surface area (Å²) < 4.78 is 0. The van der Waals surface area contributed by atoms with Gasteiger partial charge in [-0.1, -0.05) is 49.4 Å². The first-order chi connectivity index (χ1) is 5.90. The normalized spacial score (nSPS) is 20.5. The molecule has 0 nitrogen and oxygen atoms in total. The molecule has 0 spiro atoms. The Morgan fingerprint density at radius 1 is 1.33 bits per heavy atom. The average molecular weight is 340 g/mol. The van der Waals surface area contributed by atoms with Gasteiger partial charge in [0.25, 0.3) is 0 Å². The number of allylic oxidation sites excluding steroid dienone is 6. The minimum Gasteiger partial charge on any atom is -1.00 e. The zero-order valence-electron chi connectivity index (χ0n) is 8.67. The molecule has 2 rings (SSSR count). The van der Waals surface area contributed by atoms with Crippen LogP contribution in [-0.2, 0) is 26.2 Å². The smallest absolute Gasteiger partial charge is 1.00 e. The second kappa shape index (κ2) is 9.10. The van der Waals surface area contributed by atoms with E-state index in [9.17, 15) is 0 Å². The Labute approximate surface area is 128 Å². The Hall–Kier alpha value is 1.03. The molecule has 0 bridgehead atoms. The first-order valence-corrected chi connectivity index (χ1v) is 5.48. The maximum Gasteiger partial charge on any atom is 2.00 e. The molecule has 1 atom stereocenters. The molecule has 0 aromatic rings. The molecular weight excluding hydrogens is 326 g/mol. The molecule has 1 aliphatic heterocycles. The predicted octanol–water partition coefficient (Wildman–Crippen LogP) is -2.12. The number of hydrogen-bond donors (Lipinski definition) is 0. The molecule has 1 aliphatic carbocycles. The van der Waals surface area contributed by atoms with Gasteiger partial charge in [-0.3, -0.25) is 0 Å². The molecule has 0 N–H and O–H groups in total. The average Bonchev–Trinajstić information content (AvgIpc) is 2.58. The maximum absolute atomic E-state index is 2.41. The zero-order chi connectivity index (χ0) is 8.39. The molecule has 0 saturated carbocycles. The van der Waals surface area contributed by atoms with Gasteiger partial charge in [0, 0.05) is 10.8 Å². The Bertz CT molecular complexity index is 272. The van der Waals surface area contributed by atoms with Gasteiger partial charge in [0.05, 0.1) is 0 Å². The van der Waals surface area contributed by atoms with Crippen molar-refractivity contribution in [2.75, 3.05) is 0 Å². The van der Waals surface area contributed by atoms with Crippen molar-refractivity contribution in [2.24, 2.45) is 5.92 Å². The van der Waals surface area contributed by atoms with Crippen LogP contribution in [0.2, 0.25) is 0 Å². The van der Waals surface area contributed by atoms with E-state index >= 15 is 0 Å². The summed E-state index contributed by atoms with van der Waals surface area (Å²) in [5, 5.41) is 0. The van der Waals surface area contributed by atoms with E-state index in [-0.39, 0.29) is 51.0 Å². The van der Waals surface area contributed by atoms with Gasteiger partial charge in [-0.15, -0.1) is 0 Å². The first kappa shape index (κ1) is 18.4. The van der Waals surface area contributed by atoms with Crippen LogP contribution < -0.4 is 24.8 Å². The van der Waals surface area contributed by atoms with Crippen LogP contribution >= 0.6 is 11.8 Å². The number of rotatable bonds is 3. The van der Waals surface area contributed by atoms with Crippen LogP contribution in [0.25, 0.3) is 0 Å². The van der Waals surface area contributed by atoms with Crippen molar-refractivity contribution in [3.63, 3.8) is 0 Å². The third-order valence-electron chi connectivity index (χ3n) is 2.30. The van der Waals surface area contributed by atoms with Gasteiger partial charge < -0.3 is 24.8 Å². The number of fused-ring (bicyclic) bond motifs is 1. The number of thioether (sulfide) groups is 1. The van der Waals surface area contributed by atoms with Gasteiger partial charge in [0.1, 0.15) is 0 Å². The fourth-order valence-electron chi connectivity index (χ4n) is 1.59. The maximum atomic E-state index is 2.41. The second-order valence-corrected chi connectivity index (χ2v) is 4.52. The molecule has 0 amide bonds. The van der Waals surface area contributed by atoms with Gasteiger partial charge in [-0.05, 0) is 17.7 Å². The Morgan fingerprint density at radius 2 is 2.07 bits per heavy atom. The summed E-state index contributed by atoms with van der Waals surface area (Å²) in [5.74, 6) is 0.641. The van der Waals surface area contributed by atoms with Crippen LogP contribution in [0.1, 0.15) is 26.2 Å². The summed E-state index contributed by atoms with van der Waals surface area (Å²) >= 11 is 1.98. The van der Waals surface area contributed by atoms with Crippen molar-refractivity contribution in [3.05, 3.63) is 34.1 Å². The molecule has 1 unspecified atom stereocenters. The number of hydrogen-bond acceptors (Lipinski definition) is 1. The molecule has 0 fully saturated rings. The van der Waals surface area contributed by atoms with Crippen LogP contribution in [0.3, 0.4) is 0 Å². The van der Waals surface area contributed by atoms with Crippen LogP contribution in [0, 0.1) is 5.92 Å². The summed E-state index contributed by atoms with van der Waals surface area (Å²) in [7, 11) is 0. The van der Waals surface area contributed by atoms with Gasteiger partial charge in [0.2, 0.25) is 0 Å². The quantitative estimate of drug-likeness (QED) is 0.566. The van der Waals surface area contributed by atoms with Gasteiger partial charge in [-0.2, -0.15) is 0 Å². The molecule has 15 heavy (non-hydrogen) atoms. The molecule has 0 aromatic carbocycles. The summed E-state index contributed by atoms with van der Waals surface area (Å²) in [6, 6.07) is 0. The van der Waals surface area contributed by atoms with E-state index in [1.165, 1.54) is 24.2 Å². The van der Waals surface area contributed by atoms with E-state index in [2.05, 4.69) is 31.2 Å². The van der Waals surface area contributed by atoms with Gasteiger partial charge in [-0.25, -0.2) is 0 Å². The molecular formula is C11H14Cl2SZr. The van der Waals surface area contributed by atoms with Crippen LogP contribution in [0.15, 0.2) is 34.1 Å². The predicted molar refractivity (Wildman–Crippen MR) is 55.9 cm³/mol. The molecule has 0 radical (unpaired) electrons. The van der Waals surface area contributed by atoms with Crippen LogP contribution in [0.5, 0.6) is 0 Å². The fourth-order valence-corrected chi connectivity index (χ4v) is 2.78. The van der Waals surface area contributed by atoms with Crippen molar-refractivity contribution in [1.82, 2.24) is 0 Å². The molecule has 1 heterocycles. The van der Waals surface area contributed by atoms with E-state index in [0.29, 0.717) is 5.92 Å². The monoisotopic (exact) mass is 338 g/mol. The van der Waals surface area contributed by atoms with Crippen molar-refractivity contribution >= 4 is 11.8 Å². The van der Waals surface area contributed by atoms with E-state index in [1.807, 2.05) is 11.8 Å². The van der Waals surface area contributed by atoms with Crippen molar-refractivity contribution in [2.45, 2.75) is 26.2 Å². The van der Waals surface area contributed by atoms with Crippen molar-refractivity contribution in [3.8, 4) is 0 Å². The number of halogens is 2. The van der Waals surface area contributed by atoms with Crippen LogP contribution in [0.4, 0.5) is 0 Å². The molecule has 0 saturated heterocycles. The van der Waals surface area contributed by atoms with Crippen molar-refractivity contribution < 1.29 is 51.0 Å². The standard InChI is InChI=1S/C11H14S.2ClH.Zr/c1-2-3-6-10-8-9-5-4-7-11(9)12-10;;;/h4-5,7-9H,2-3,6H2,1H3;2*1H;/q;;;+2/p-2. The number of unbranched alkanes of at least 4 members (excludes halogenated alkanes) is 1. The van der Waals surface area contributed by atoms with Crippen LogP contribution in [-0.4, -0.2) is 0 Å². The third kappa shape index (κ3) is 4.81. The van der Waals surface area contributed by atoms with E-state index in [0.717, 1.165) is 0 Å². The third-order valence-corrected chi connectivity index (χ3v) is 3.54. The van der Waals surface area contributed by atoms with Gasteiger partial charge >= 0.3 is 26.2 Å². The summed E-state index contributed by atoms with van der Waals surface area (Å²) in [6.07, 6.45) is 13.0. The minimum absolute atomic E-state index is 0. The largest absolute Gasteiger partial charge is 2.00 e. The van der Waals surface area contributed by atoms with Crippen molar-refractivity contribution in [1.29, 1.82) is 0 Å². The van der Waals surface area contributed by atoms with E-state index in [4.69, 9.17) is 0 Å². The SMILES string of the molecule is CCCCC1=CC2C=CC=C2S1.[Cl-].[Cl-].[Zr+2]. The molecule has 0 aromatic heterocycles. The molecule has 2 aliphatic rings. The minimum atomic E-state index is 0. The molecule has 4 heteroatoms. The second-order valence-electron chi connectivity index (χ2n) is 3.32. The Kier molecular flexibility index (Phi) is 11.2. The van der Waals surface area contributed by atoms with E-state index < -0.39 is 0 Å². The topological polar surface area (TPSA) is 0 Å². The Balaban J connectivity index is 0. The zero-order valence-corrected chi connectivity index (χ0v) is 13.5. The fraction of sp³-hybridized carbons (Fsp3) is 0.455. The summed E-state index contributed by atoms with van der Waals surface area (Å²) in [4.78, 5) is 3.11. The Morgan fingerprint density at radius 3 is 2.67 bits per heavy atom. The summed E-state index contributed by atoms with van der Waals surface area (Å²) in [6.45, 7) is 2.25. The first-order valence-electron chi connectivity index (χ1n) is 4.67. The van der Waals surface area contributed by atoms with Gasteiger partial charge in [0.15, 0.2) is 0 Å². The molecule has 82 valence electrons.